The molecule has 0 rings (SSSR count). The minimum atomic E-state index is -0.854. The largest absolute Gasteiger partial charge is 0.392 e. The molecule has 7 nitrogen and oxygen atoms in total. The van der Waals surface area contributed by atoms with E-state index in [0.29, 0.717) is 12.8 Å². The van der Waals surface area contributed by atoms with Gasteiger partial charge in [-0.1, -0.05) is 0 Å². The fraction of sp³-hybridized carbons (Fsp3) is 0.875. The standard InChI is InChI=1S/C8H16N2O5/c1-7(11)6-9-8(12)4-2-3-5-15-10(13)14/h7,11H,2-6H2,1H3,(H,9,12). The Morgan fingerprint density at radius 1 is 1.60 bits per heavy atom. The van der Waals surface area contributed by atoms with Gasteiger partial charge in [-0.25, -0.2) is 0 Å². The quantitative estimate of drug-likeness (QED) is 0.337. The van der Waals surface area contributed by atoms with E-state index in [4.69, 9.17) is 5.11 Å². The van der Waals surface area contributed by atoms with Crippen molar-refractivity contribution in [3.05, 3.63) is 10.1 Å². The predicted octanol–water partition coefficient (Wildman–Crippen LogP) is -0.138. The smallest absolute Gasteiger partial charge is 0.294 e. The molecule has 0 heterocycles. The van der Waals surface area contributed by atoms with E-state index in [2.05, 4.69) is 10.2 Å². The SMILES string of the molecule is CC(O)CNC(=O)CCCCO[N+](=O)[O-]. The van der Waals surface area contributed by atoms with Crippen molar-refractivity contribution in [1.29, 1.82) is 0 Å². The van der Waals surface area contributed by atoms with Crippen LogP contribution in [-0.2, 0) is 9.63 Å². The van der Waals surface area contributed by atoms with Crippen molar-refractivity contribution in [2.24, 2.45) is 0 Å². The summed E-state index contributed by atoms with van der Waals surface area (Å²) in [5, 5.41) is 20.3. The highest BCUT2D eigenvalue weighted by molar-refractivity contribution is 5.75. The molecule has 0 aromatic carbocycles. The maximum Gasteiger partial charge on any atom is 0.294 e. The Morgan fingerprint density at radius 3 is 2.80 bits per heavy atom. The van der Waals surface area contributed by atoms with E-state index in [1.807, 2.05) is 0 Å². The van der Waals surface area contributed by atoms with E-state index in [0.717, 1.165) is 0 Å². The molecule has 2 N–H and O–H groups in total. The molecule has 1 unspecified atom stereocenters. The van der Waals surface area contributed by atoms with E-state index < -0.39 is 11.2 Å². The lowest BCUT2D eigenvalue weighted by Gasteiger charge is -2.06. The fourth-order valence-electron chi connectivity index (χ4n) is 0.877. The van der Waals surface area contributed by atoms with Crippen molar-refractivity contribution in [3.8, 4) is 0 Å². The maximum absolute atomic E-state index is 11.0. The summed E-state index contributed by atoms with van der Waals surface area (Å²) >= 11 is 0. The summed E-state index contributed by atoms with van der Waals surface area (Å²) in [5.41, 5.74) is 0. The molecule has 0 aromatic heterocycles. The van der Waals surface area contributed by atoms with Crippen molar-refractivity contribution >= 4 is 5.91 Å². The van der Waals surface area contributed by atoms with Gasteiger partial charge in [0.1, 0.15) is 0 Å². The molecule has 0 spiro atoms. The summed E-state index contributed by atoms with van der Waals surface area (Å²) in [6.07, 6.45) is 0.711. The van der Waals surface area contributed by atoms with E-state index >= 15 is 0 Å². The van der Waals surface area contributed by atoms with Crippen LogP contribution in [0.25, 0.3) is 0 Å². The second kappa shape index (κ2) is 7.98. The Bertz CT molecular complexity index is 207. The first-order valence-electron chi connectivity index (χ1n) is 4.74. The summed E-state index contributed by atoms with van der Waals surface area (Å²) in [6.45, 7) is 1.81. The molecule has 88 valence electrons. The number of aliphatic hydroxyl groups is 1. The zero-order valence-corrected chi connectivity index (χ0v) is 8.64. The van der Waals surface area contributed by atoms with Crippen LogP contribution in [0.5, 0.6) is 0 Å². The zero-order chi connectivity index (χ0) is 11.7. The Hall–Kier alpha value is -1.37. The number of unbranched alkanes of at least 4 members (excludes halogenated alkanes) is 1. The van der Waals surface area contributed by atoms with Crippen LogP contribution in [0, 0.1) is 10.1 Å². The molecule has 0 saturated heterocycles. The van der Waals surface area contributed by atoms with Gasteiger partial charge in [0.2, 0.25) is 5.91 Å². The van der Waals surface area contributed by atoms with Crippen LogP contribution in [0.2, 0.25) is 0 Å². The van der Waals surface area contributed by atoms with Gasteiger partial charge in [0.05, 0.1) is 12.7 Å². The number of amides is 1. The Kier molecular flexibility index (Phi) is 7.25. The molecule has 7 heteroatoms. The van der Waals surface area contributed by atoms with Gasteiger partial charge in [0.15, 0.2) is 0 Å². The molecule has 0 saturated carbocycles. The number of rotatable bonds is 8. The van der Waals surface area contributed by atoms with Gasteiger partial charge in [-0.2, -0.15) is 0 Å². The third kappa shape index (κ3) is 10.6. The summed E-state index contributed by atoms with van der Waals surface area (Å²) < 4.78 is 0. The summed E-state index contributed by atoms with van der Waals surface area (Å²) in [4.78, 5) is 24.9. The molecule has 0 bridgehead atoms. The maximum atomic E-state index is 11.0. The highest BCUT2D eigenvalue weighted by Gasteiger charge is 2.02. The van der Waals surface area contributed by atoms with E-state index in [9.17, 15) is 14.9 Å². The van der Waals surface area contributed by atoms with E-state index in [1.54, 1.807) is 6.92 Å². The Morgan fingerprint density at radius 2 is 2.27 bits per heavy atom. The molecule has 0 aliphatic rings. The topological polar surface area (TPSA) is 102 Å². The molecule has 15 heavy (non-hydrogen) atoms. The number of carbonyl (C=O) groups is 1. The number of aliphatic hydroxyl groups excluding tert-OH is 1. The van der Waals surface area contributed by atoms with Gasteiger partial charge in [-0.3, -0.25) is 4.79 Å². The molecule has 0 aromatic rings. The van der Waals surface area contributed by atoms with Crippen molar-refractivity contribution in [3.63, 3.8) is 0 Å². The number of nitrogens with one attached hydrogen (secondary N) is 1. The molecule has 0 aliphatic heterocycles. The van der Waals surface area contributed by atoms with Crippen LogP contribution < -0.4 is 5.32 Å². The van der Waals surface area contributed by atoms with Crippen molar-refractivity contribution < 1.29 is 19.8 Å². The summed E-state index contributed by atoms with van der Waals surface area (Å²) in [7, 11) is 0. The number of hydrogen-bond acceptors (Lipinski definition) is 5. The number of nitrogens with zero attached hydrogens (tertiary/aromatic N) is 1. The average Bonchev–Trinajstić information content (AvgIpc) is 2.13. The van der Waals surface area contributed by atoms with Crippen molar-refractivity contribution in [2.45, 2.75) is 32.3 Å². The van der Waals surface area contributed by atoms with Gasteiger partial charge in [-0.05, 0) is 19.8 Å². The number of hydrogen-bond donors (Lipinski definition) is 2. The van der Waals surface area contributed by atoms with E-state index in [1.165, 1.54) is 0 Å². The normalized spacial score (nSPS) is 11.9. The molecule has 0 fully saturated rings. The molecule has 1 atom stereocenters. The first kappa shape index (κ1) is 13.6. The third-order valence-electron chi connectivity index (χ3n) is 1.59. The molecule has 1 amide bonds. The lowest BCUT2D eigenvalue weighted by Crippen LogP contribution is -2.30. The minimum absolute atomic E-state index is 0.0106. The Balaban J connectivity index is 3.28. The van der Waals surface area contributed by atoms with Crippen LogP contribution in [0.1, 0.15) is 26.2 Å². The second-order valence-corrected chi connectivity index (χ2v) is 3.17. The van der Waals surface area contributed by atoms with Crippen LogP contribution >= 0.6 is 0 Å². The van der Waals surface area contributed by atoms with E-state index in [-0.39, 0.29) is 25.5 Å². The summed E-state index contributed by atoms with van der Waals surface area (Å²) in [5.74, 6) is -0.169. The molecular weight excluding hydrogens is 204 g/mol. The predicted molar refractivity (Wildman–Crippen MR) is 51.5 cm³/mol. The van der Waals surface area contributed by atoms with Crippen LogP contribution in [0.15, 0.2) is 0 Å². The van der Waals surface area contributed by atoms with Crippen LogP contribution in [0.4, 0.5) is 0 Å². The summed E-state index contributed by atoms with van der Waals surface area (Å²) in [6, 6.07) is 0. The third-order valence-corrected chi connectivity index (χ3v) is 1.59. The number of carbonyl (C=O) groups excluding carboxylic acids is 1. The zero-order valence-electron chi connectivity index (χ0n) is 8.64. The van der Waals surface area contributed by atoms with Crippen molar-refractivity contribution in [2.75, 3.05) is 13.2 Å². The van der Waals surface area contributed by atoms with Gasteiger partial charge < -0.3 is 15.3 Å². The first-order chi connectivity index (χ1) is 7.02. The van der Waals surface area contributed by atoms with Gasteiger partial charge in [-0.15, -0.1) is 10.1 Å². The Labute approximate surface area is 87.5 Å². The lowest BCUT2D eigenvalue weighted by atomic mass is 10.2. The van der Waals surface area contributed by atoms with Gasteiger partial charge in [0.25, 0.3) is 5.09 Å². The highest BCUT2D eigenvalue weighted by atomic mass is 16.9. The van der Waals surface area contributed by atoms with Crippen LogP contribution in [-0.4, -0.2) is 35.4 Å². The lowest BCUT2D eigenvalue weighted by molar-refractivity contribution is -0.757. The van der Waals surface area contributed by atoms with Gasteiger partial charge in [0, 0.05) is 13.0 Å². The molecular formula is C8H16N2O5. The molecule has 0 aliphatic carbocycles. The van der Waals surface area contributed by atoms with Crippen LogP contribution in [0.3, 0.4) is 0 Å². The molecule has 0 radical (unpaired) electrons. The fourth-order valence-corrected chi connectivity index (χ4v) is 0.877. The second-order valence-electron chi connectivity index (χ2n) is 3.17. The van der Waals surface area contributed by atoms with Crippen molar-refractivity contribution in [1.82, 2.24) is 5.32 Å². The monoisotopic (exact) mass is 220 g/mol. The minimum Gasteiger partial charge on any atom is -0.392 e. The van der Waals surface area contributed by atoms with Gasteiger partial charge >= 0.3 is 0 Å². The highest BCUT2D eigenvalue weighted by Crippen LogP contribution is 1.96. The first-order valence-corrected chi connectivity index (χ1v) is 4.74. The average molecular weight is 220 g/mol.